The summed E-state index contributed by atoms with van der Waals surface area (Å²) >= 11 is 0. The predicted octanol–water partition coefficient (Wildman–Crippen LogP) is 2.23. The number of hydrogen-bond donors (Lipinski definition) is 3. The van der Waals surface area contributed by atoms with Gasteiger partial charge < -0.3 is 9.47 Å². The van der Waals surface area contributed by atoms with Crippen LogP contribution in [0.2, 0.25) is 0 Å². The van der Waals surface area contributed by atoms with E-state index in [2.05, 4.69) is 14.7 Å². The molecule has 0 aromatic carbocycles. The molecule has 7 nitrogen and oxygen atoms in total. The Hall–Kier alpha value is -1.25. The average Bonchev–Trinajstić information content (AvgIpc) is 2.29. The molecule has 0 bridgehead atoms. The van der Waals surface area contributed by atoms with Crippen LogP contribution in [0.25, 0.3) is 0 Å². The third-order valence-electron chi connectivity index (χ3n) is 1.37. The van der Waals surface area contributed by atoms with E-state index >= 15 is 0 Å². The normalized spacial score (nSPS) is 11.0. The van der Waals surface area contributed by atoms with Crippen LogP contribution in [0.3, 0.4) is 0 Å². The molecule has 1 heterocycles. The first-order valence-corrected chi connectivity index (χ1v) is 6.88. The maximum atomic E-state index is 9.18. The Kier molecular flexibility index (Phi) is 6.62. The number of hydrogen-bond acceptors (Lipinski definition) is 7. The minimum atomic E-state index is -2.88. The lowest BCUT2D eigenvalue weighted by atomic mass is 10.6. The van der Waals surface area contributed by atoms with Crippen LogP contribution in [-0.4, -0.2) is 39.5 Å². The molecule has 0 aliphatic rings. The summed E-state index contributed by atoms with van der Waals surface area (Å²) in [6, 6.07) is 1.51. The van der Waals surface area contributed by atoms with Crippen LogP contribution < -0.4 is 14.2 Å². The van der Waals surface area contributed by atoms with Crippen molar-refractivity contribution in [3.05, 3.63) is 6.07 Å². The summed E-state index contributed by atoms with van der Waals surface area (Å²) in [5.74, 6) is 0.495. The van der Waals surface area contributed by atoms with Crippen molar-refractivity contribution in [2.45, 2.75) is 13.8 Å². The fraction of sp³-hybridized carbons (Fsp3) is 0.556. The van der Waals surface area contributed by atoms with Gasteiger partial charge in [0, 0.05) is 12.3 Å². The van der Waals surface area contributed by atoms with Crippen molar-refractivity contribution < 1.29 is 18.6 Å². The SMILES string of the molecule is CC.COc1cc(NS(C)(O)O)nc(OC)n1. The highest BCUT2D eigenvalue weighted by Gasteiger charge is 2.09. The zero-order chi connectivity index (χ0) is 13.5. The van der Waals surface area contributed by atoms with Gasteiger partial charge in [0.25, 0.3) is 0 Å². The van der Waals surface area contributed by atoms with E-state index in [1.54, 1.807) is 0 Å². The van der Waals surface area contributed by atoms with Gasteiger partial charge in [-0.2, -0.15) is 9.97 Å². The quantitative estimate of drug-likeness (QED) is 0.768. The summed E-state index contributed by atoms with van der Waals surface area (Å²) in [6.07, 6.45) is 1.24. The summed E-state index contributed by atoms with van der Waals surface area (Å²) in [7, 11) is -0.0333. The van der Waals surface area contributed by atoms with Gasteiger partial charge in [-0.1, -0.05) is 13.8 Å². The Morgan fingerprint density at radius 3 is 2.18 bits per heavy atom. The summed E-state index contributed by atoms with van der Waals surface area (Å²) in [4.78, 5) is 7.71. The third-order valence-corrected chi connectivity index (χ3v) is 1.97. The number of nitrogens with zero attached hydrogens (tertiary/aromatic N) is 2. The summed E-state index contributed by atoms with van der Waals surface area (Å²) < 4.78 is 30.5. The third kappa shape index (κ3) is 6.15. The first-order chi connectivity index (χ1) is 7.94. The second kappa shape index (κ2) is 7.15. The van der Waals surface area contributed by atoms with Gasteiger partial charge >= 0.3 is 6.01 Å². The highest BCUT2D eigenvalue weighted by Crippen LogP contribution is 2.34. The maximum absolute atomic E-state index is 9.18. The summed E-state index contributed by atoms with van der Waals surface area (Å²) in [6.45, 7) is 4.00. The van der Waals surface area contributed by atoms with Crippen molar-refractivity contribution in [1.82, 2.24) is 9.97 Å². The van der Waals surface area contributed by atoms with Crippen LogP contribution in [0.15, 0.2) is 6.07 Å². The van der Waals surface area contributed by atoms with Gasteiger partial charge in [0.05, 0.1) is 14.2 Å². The first-order valence-electron chi connectivity index (χ1n) is 4.92. The minimum absolute atomic E-state index is 0.0838. The molecule has 1 rings (SSSR count). The maximum Gasteiger partial charge on any atom is 0.321 e. The van der Waals surface area contributed by atoms with Gasteiger partial charge in [-0.3, -0.25) is 13.8 Å². The molecule has 0 aliphatic carbocycles. The molecule has 1 aromatic rings. The fourth-order valence-corrected chi connectivity index (χ4v) is 1.35. The zero-order valence-corrected chi connectivity index (χ0v) is 11.4. The minimum Gasteiger partial charge on any atom is -0.481 e. The van der Waals surface area contributed by atoms with Crippen molar-refractivity contribution in [2.24, 2.45) is 0 Å². The standard InChI is InChI=1S/C7H13N3O4S.C2H6/c1-13-6-4-5(10-15(3,11)12)8-7(9-6)14-2;1-2/h4,11-12H,1-3H3,(H,8,9,10);1-2H3. The Morgan fingerprint density at radius 2 is 1.76 bits per heavy atom. The van der Waals surface area contributed by atoms with Crippen molar-refractivity contribution >= 4 is 16.6 Å². The number of anilines is 1. The second-order valence-corrected chi connectivity index (χ2v) is 4.59. The molecule has 17 heavy (non-hydrogen) atoms. The van der Waals surface area contributed by atoms with Crippen LogP contribution in [0.5, 0.6) is 11.9 Å². The molecule has 0 fully saturated rings. The Bertz CT molecular complexity index is 321. The zero-order valence-electron chi connectivity index (χ0n) is 10.6. The Labute approximate surface area is 103 Å². The van der Waals surface area contributed by atoms with Crippen LogP contribution in [0.4, 0.5) is 5.82 Å². The topological polar surface area (TPSA) is 96.7 Å². The number of rotatable bonds is 4. The van der Waals surface area contributed by atoms with E-state index in [-0.39, 0.29) is 17.7 Å². The van der Waals surface area contributed by atoms with E-state index in [1.807, 2.05) is 13.8 Å². The van der Waals surface area contributed by atoms with Crippen molar-refractivity contribution in [3.63, 3.8) is 0 Å². The molecule has 8 heteroatoms. The van der Waals surface area contributed by atoms with Crippen LogP contribution in [0, 0.1) is 0 Å². The molecule has 100 valence electrons. The number of aromatic nitrogens is 2. The Balaban J connectivity index is 0.00000121. The largest absolute Gasteiger partial charge is 0.481 e. The molecule has 0 aliphatic heterocycles. The summed E-state index contributed by atoms with van der Waals surface area (Å²) in [5, 5.41) is 0. The molecule has 0 radical (unpaired) electrons. The first kappa shape index (κ1) is 15.8. The Morgan fingerprint density at radius 1 is 1.18 bits per heavy atom. The number of ether oxygens (including phenoxy) is 2. The molecule has 3 N–H and O–H groups in total. The molecule has 0 saturated carbocycles. The van der Waals surface area contributed by atoms with Gasteiger partial charge in [-0.15, -0.1) is 10.8 Å². The van der Waals surface area contributed by atoms with Crippen LogP contribution in [0.1, 0.15) is 13.8 Å². The highest BCUT2D eigenvalue weighted by molar-refractivity contribution is 8.24. The van der Waals surface area contributed by atoms with Crippen LogP contribution >= 0.6 is 10.8 Å². The smallest absolute Gasteiger partial charge is 0.321 e. The van der Waals surface area contributed by atoms with E-state index < -0.39 is 10.8 Å². The molecular formula is C9H19N3O4S. The lowest BCUT2D eigenvalue weighted by molar-refractivity contribution is 0.353. The van der Waals surface area contributed by atoms with E-state index in [9.17, 15) is 9.11 Å². The van der Waals surface area contributed by atoms with E-state index in [1.165, 1.54) is 26.5 Å². The van der Waals surface area contributed by atoms with Crippen molar-refractivity contribution in [2.75, 3.05) is 25.2 Å². The number of nitrogens with one attached hydrogen (secondary N) is 1. The monoisotopic (exact) mass is 265 g/mol. The van der Waals surface area contributed by atoms with E-state index in [0.717, 1.165) is 0 Å². The predicted molar refractivity (Wildman–Crippen MR) is 68.9 cm³/mol. The lowest BCUT2D eigenvalue weighted by Gasteiger charge is -2.27. The number of methoxy groups -OCH3 is 2. The fourth-order valence-electron chi connectivity index (χ4n) is 0.850. The molecule has 0 atom stereocenters. The molecule has 0 amide bonds. The molecule has 1 aromatic heterocycles. The van der Waals surface area contributed by atoms with Gasteiger partial charge in [-0.25, -0.2) is 0 Å². The molecule has 0 unspecified atom stereocenters. The molecule has 0 saturated heterocycles. The lowest BCUT2D eigenvalue weighted by Crippen LogP contribution is -2.09. The van der Waals surface area contributed by atoms with E-state index in [0.29, 0.717) is 0 Å². The average molecular weight is 265 g/mol. The second-order valence-electron chi connectivity index (χ2n) is 2.72. The molecule has 0 spiro atoms. The van der Waals surface area contributed by atoms with E-state index in [4.69, 9.17) is 9.47 Å². The van der Waals surface area contributed by atoms with Crippen molar-refractivity contribution in [3.8, 4) is 11.9 Å². The molecular weight excluding hydrogens is 246 g/mol. The van der Waals surface area contributed by atoms with Gasteiger partial charge in [0.2, 0.25) is 5.88 Å². The van der Waals surface area contributed by atoms with Gasteiger partial charge in [-0.05, 0) is 0 Å². The summed E-state index contributed by atoms with van der Waals surface area (Å²) in [5.41, 5.74) is 0. The van der Waals surface area contributed by atoms with Gasteiger partial charge in [0.1, 0.15) is 0 Å². The highest BCUT2D eigenvalue weighted by atomic mass is 32.3. The van der Waals surface area contributed by atoms with Crippen LogP contribution in [-0.2, 0) is 0 Å². The van der Waals surface area contributed by atoms with Crippen molar-refractivity contribution in [1.29, 1.82) is 0 Å². The van der Waals surface area contributed by atoms with Gasteiger partial charge in [0.15, 0.2) is 5.82 Å².